The monoisotopic (exact) mass is 334 g/mol. The standard InChI is InChI=1S/C19H34N4O/c1-7-20-19(22-16(4)14-24-6)21-12-17-10-8-9-11-18(17)13-23(5)15(2)3/h8-11,15-16H,7,12-14H2,1-6H3,(H2,20,21,22). The molecule has 0 heterocycles. The lowest BCUT2D eigenvalue weighted by Crippen LogP contribution is -2.43. The lowest BCUT2D eigenvalue weighted by atomic mass is 10.1. The summed E-state index contributed by atoms with van der Waals surface area (Å²) in [6, 6.07) is 9.27. The molecule has 0 radical (unpaired) electrons. The summed E-state index contributed by atoms with van der Waals surface area (Å²) in [7, 11) is 3.87. The molecule has 5 nitrogen and oxygen atoms in total. The van der Waals surface area contributed by atoms with Crippen LogP contribution in [-0.4, -0.2) is 50.3 Å². The predicted octanol–water partition coefficient (Wildman–Crippen LogP) is 2.62. The number of hydrogen-bond acceptors (Lipinski definition) is 3. The van der Waals surface area contributed by atoms with Crippen LogP contribution in [0.15, 0.2) is 29.3 Å². The van der Waals surface area contributed by atoms with Crippen LogP contribution in [0.25, 0.3) is 0 Å². The Labute approximate surface area is 147 Å². The second kappa shape index (κ2) is 11.0. The summed E-state index contributed by atoms with van der Waals surface area (Å²) in [5.41, 5.74) is 2.60. The van der Waals surface area contributed by atoms with E-state index in [0.29, 0.717) is 19.2 Å². The summed E-state index contributed by atoms with van der Waals surface area (Å²) in [6.07, 6.45) is 0. The molecule has 0 saturated carbocycles. The average Bonchev–Trinajstić information content (AvgIpc) is 2.54. The van der Waals surface area contributed by atoms with E-state index in [1.165, 1.54) is 11.1 Å². The van der Waals surface area contributed by atoms with E-state index in [0.717, 1.165) is 19.0 Å². The summed E-state index contributed by atoms with van der Waals surface area (Å²) in [5.74, 6) is 0.828. The number of methoxy groups -OCH3 is 1. The third-order valence-electron chi connectivity index (χ3n) is 3.97. The Morgan fingerprint density at radius 1 is 1.21 bits per heavy atom. The molecule has 0 amide bonds. The third-order valence-corrected chi connectivity index (χ3v) is 3.97. The van der Waals surface area contributed by atoms with Crippen molar-refractivity contribution in [1.82, 2.24) is 15.5 Å². The summed E-state index contributed by atoms with van der Waals surface area (Å²) in [5, 5.41) is 6.66. The molecule has 1 aromatic carbocycles. The highest BCUT2D eigenvalue weighted by Crippen LogP contribution is 2.13. The van der Waals surface area contributed by atoms with Crippen molar-refractivity contribution in [2.24, 2.45) is 4.99 Å². The van der Waals surface area contributed by atoms with Crippen molar-refractivity contribution in [2.75, 3.05) is 27.3 Å². The van der Waals surface area contributed by atoms with Gasteiger partial charge in [0.2, 0.25) is 0 Å². The van der Waals surface area contributed by atoms with Gasteiger partial charge in [0.25, 0.3) is 0 Å². The first-order chi connectivity index (χ1) is 11.5. The number of nitrogens with zero attached hydrogens (tertiary/aromatic N) is 2. The van der Waals surface area contributed by atoms with Crippen molar-refractivity contribution in [2.45, 2.75) is 52.9 Å². The molecule has 1 rings (SSSR count). The van der Waals surface area contributed by atoms with E-state index in [9.17, 15) is 0 Å². The Hall–Kier alpha value is -1.59. The smallest absolute Gasteiger partial charge is 0.191 e. The molecule has 0 aliphatic carbocycles. The fraction of sp³-hybridized carbons (Fsp3) is 0.632. The van der Waals surface area contributed by atoms with Crippen LogP contribution in [0.5, 0.6) is 0 Å². The number of aliphatic imine (C=N–C) groups is 1. The number of hydrogen-bond donors (Lipinski definition) is 2. The quantitative estimate of drug-likeness (QED) is 0.538. The van der Waals surface area contributed by atoms with E-state index < -0.39 is 0 Å². The zero-order chi connectivity index (χ0) is 17.9. The fourth-order valence-electron chi connectivity index (χ4n) is 2.33. The van der Waals surface area contributed by atoms with Gasteiger partial charge in [-0.15, -0.1) is 0 Å². The van der Waals surface area contributed by atoms with Crippen molar-refractivity contribution in [1.29, 1.82) is 0 Å². The largest absolute Gasteiger partial charge is 0.383 e. The molecule has 0 fully saturated rings. The van der Waals surface area contributed by atoms with Crippen LogP contribution < -0.4 is 10.6 Å². The molecule has 0 aliphatic heterocycles. The van der Waals surface area contributed by atoms with Crippen LogP contribution in [0.3, 0.4) is 0 Å². The zero-order valence-corrected chi connectivity index (χ0v) is 16.1. The topological polar surface area (TPSA) is 48.9 Å². The Kier molecular flexibility index (Phi) is 9.42. The van der Waals surface area contributed by atoms with Crippen LogP contribution in [-0.2, 0) is 17.8 Å². The van der Waals surface area contributed by atoms with Gasteiger partial charge in [-0.1, -0.05) is 24.3 Å². The van der Waals surface area contributed by atoms with Gasteiger partial charge < -0.3 is 15.4 Å². The Morgan fingerprint density at radius 3 is 2.46 bits per heavy atom. The van der Waals surface area contributed by atoms with Crippen molar-refractivity contribution >= 4 is 5.96 Å². The summed E-state index contributed by atoms with van der Waals surface area (Å²) >= 11 is 0. The van der Waals surface area contributed by atoms with E-state index in [-0.39, 0.29) is 6.04 Å². The molecule has 136 valence electrons. The first-order valence-electron chi connectivity index (χ1n) is 8.78. The van der Waals surface area contributed by atoms with Crippen LogP contribution in [0.2, 0.25) is 0 Å². The van der Waals surface area contributed by atoms with E-state index in [1.807, 2.05) is 0 Å². The molecule has 0 aromatic heterocycles. The Morgan fingerprint density at radius 2 is 1.88 bits per heavy atom. The SMILES string of the molecule is CCNC(=NCc1ccccc1CN(C)C(C)C)NC(C)COC. The maximum Gasteiger partial charge on any atom is 0.191 e. The average molecular weight is 335 g/mol. The summed E-state index contributed by atoms with van der Waals surface area (Å²) < 4.78 is 5.18. The zero-order valence-electron chi connectivity index (χ0n) is 16.1. The summed E-state index contributed by atoms with van der Waals surface area (Å²) in [6.45, 7) is 11.7. The van der Waals surface area contributed by atoms with Gasteiger partial charge in [0.15, 0.2) is 5.96 Å². The van der Waals surface area contributed by atoms with Gasteiger partial charge >= 0.3 is 0 Å². The lowest BCUT2D eigenvalue weighted by molar-refractivity contribution is 0.179. The third kappa shape index (κ3) is 7.32. The maximum atomic E-state index is 5.18. The minimum absolute atomic E-state index is 0.218. The second-order valence-electron chi connectivity index (χ2n) is 6.47. The van der Waals surface area contributed by atoms with E-state index in [1.54, 1.807) is 7.11 Å². The lowest BCUT2D eigenvalue weighted by Gasteiger charge is -2.22. The molecule has 1 atom stereocenters. The van der Waals surface area contributed by atoms with E-state index in [2.05, 4.69) is 74.5 Å². The number of ether oxygens (including phenoxy) is 1. The molecule has 5 heteroatoms. The minimum Gasteiger partial charge on any atom is -0.383 e. The van der Waals surface area contributed by atoms with Crippen molar-refractivity contribution in [3.8, 4) is 0 Å². The van der Waals surface area contributed by atoms with E-state index >= 15 is 0 Å². The number of nitrogens with one attached hydrogen (secondary N) is 2. The highest BCUT2D eigenvalue weighted by molar-refractivity contribution is 5.80. The van der Waals surface area contributed by atoms with Crippen LogP contribution >= 0.6 is 0 Å². The molecular weight excluding hydrogens is 300 g/mol. The number of rotatable bonds is 9. The van der Waals surface area contributed by atoms with Gasteiger partial charge in [-0.05, 0) is 45.9 Å². The fourth-order valence-corrected chi connectivity index (χ4v) is 2.33. The second-order valence-corrected chi connectivity index (χ2v) is 6.47. The highest BCUT2D eigenvalue weighted by Gasteiger charge is 2.09. The van der Waals surface area contributed by atoms with Crippen molar-refractivity contribution in [3.05, 3.63) is 35.4 Å². The molecule has 0 saturated heterocycles. The van der Waals surface area contributed by atoms with Crippen LogP contribution in [0, 0.1) is 0 Å². The van der Waals surface area contributed by atoms with E-state index in [4.69, 9.17) is 9.73 Å². The van der Waals surface area contributed by atoms with Gasteiger partial charge in [0.1, 0.15) is 0 Å². The molecule has 0 aliphatic rings. The normalized spacial score (nSPS) is 13.4. The number of benzene rings is 1. The molecule has 1 aromatic rings. The number of guanidine groups is 1. The van der Waals surface area contributed by atoms with Gasteiger partial charge in [0.05, 0.1) is 13.2 Å². The molecule has 0 spiro atoms. The van der Waals surface area contributed by atoms with Crippen molar-refractivity contribution in [3.63, 3.8) is 0 Å². The molecule has 2 N–H and O–H groups in total. The molecule has 24 heavy (non-hydrogen) atoms. The Bertz CT molecular complexity index is 502. The van der Waals surface area contributed by atoms with Crippen LogP contribution in [0.4, 0.5) is 0 Å². The van der Waals surface area contributed by atoms with Crippen LogP contribution in [0.1, 0.15) is 38.8 Å². The highest BCUT2D eigenvalue weighted by atomic mass is 16.5. The van der Waals surface area contributed by atoms with Gasteiger partial charge in [-0.2, -0.15) is 0 Å². The minimum atomic E-state index is 0.218. The molecular formula is C19H34N4O. The van der Waals surface area contributed by atoms with Gasteiger partial charge in [0, 0.05) is 32.3 Å². The van der Waals surface area contributed by atoms with Crippen molar-refractivity contribution < 1.29 is 4.74 Å². The maximum absolute atomic E-state index is 5.18. The Balaban J connectivity index is 2.81. The van der Waals surface area contributed by atoms with Gasteiger partial charge in [-0.25, -0.2) is 4.99 Å². The molecule has 0 bridgehead atoms. The van der Waals surface area contributed by atoms with Gasteiger partial charge in [-0.3, -0.25) is 4.90 Å². The predicted molar refractivity (Wildman–Crippen MR) is 102 cm³/mol. The molecule has 1 unspecified atom stereocenters. The first kappa shape index (κ1) is 20.5. The summed E-state index contributed by atoms with van der Waals surface area (Å²) in [4.78, 5) is 7.08. The first-order valence-corrected chi connectivity index (χ1v) is 8.78.